The van der Waals surface area contributed by atoms with Crippen LogP contribution in [0.1, 0.15) is 141 Å². The SMILES string of the molecule is O=C(CCOCCCC1CCCCCCCCC1)NCCCCC1NC2C3CCCCCCC(C3)C2C1=O. The molecule has 5 nitrogen and oxygen atoms in total. The third-order valence-corrected chi connectivity index (χ3v) is 10.3. The number of hydrogen-bond donors (Lipinski definition) is 2. The van der Waals surface area contributed by atoms with Crippen LogP contribution < -0.4 is 10.6 Å². The van der Waals surface area contributed by atoms with Gasteiger partial charge in [-0.25, -0.2) is 0 Å². The van der Waals surface area contributed by atoms with Crippen LogP contribution in [0.25, 0.3) is 0 Å². The van der Waals surface area contributed by atoms with Crippen molar-refractivity contribution in [2.75, 3.05) is 19.8 Å². The van der Waals surface area contributed by atoms with Gasteiger partial charge < -0.3 is 15.4 Å². The van der Waals surface area contributed by atoms with E-state index in [4.69, 9.17) is 4.74 Å². The Labute approximate surface area is 233 Å². The van der Waals surface area contributed by atoms with Crippen LogP contribution in [0.5, 0.6) is 0 Å². The van der Waals surface area contributed by atoms with E-state index in [1.54, 1.807) is 0 Å². The molecule has 38 heavy (non-hydrogen) atoms. The number of hydrogen-bond acceptors (Lipinski definition) is 4. The lowest BCUT2D eigenvalue weighted by molar-refractivity contribution is -0.123. The Morgan fingerprint density at radius 2 is 1.42 bits per heavy atom. The van der Waals surface area contributed by atoms with E-state index in [2.05, 4.69) is 10.6 Å². The number of fused-ring (bicyclic) bond motifs is 5. The molecular weight excluding hydrogens is 472 g/mol. The van der Waals surface area contributed by atoms with E-state index in [-0.39, 0.29) is 17.9 Å². The lowest BCUT2D eigenvalue weighted by atomic mass is 9.85. The molecule has 1 aliphatic heterocycles. The van der Waals surface area contributed by atoms with Gasteiger partial charge in [-0.05, 0) is 69.1 Å². The first-order valence-electron chi connectivity index (χ1n) is 16.9. The zero-order valence-corrected chi connectivity index (χ0v) is 24.4. The lowest BCUT2D eigenvalue weighted by Gasteiger charge is -2.20. The Hall–Kier alpha value is -0.940. The first-order valence-corrected chi connectivity index (χ1v) is 16.9. The largest absolute Gasteiger partial charge is 0.381 e. The highest BCUT2D eigenvalue weighted by Gasteiger charge is 2.52. The summed E-state index contributed by atoms with van der Waals surface area (Å²) < 4.78 is 5.79. The van der Waals surface area contributed by atoms with E-state index >= 15 is 0 Å². The van der Waals surface area contributed by atoms with Gasteiger partial charge >= 0.3 is 0 Å². The number of ketones is 1. The zero-order valence-electron chi connectivity index (χ0n) is 24.4. The highest BCUT2D eigenvalue weighted by Crippen LogP contribution is 2.47. The monoisotopic (exact) mass is 530 g/mol. The number of rotatable bonds is 12. The van der Waals surface area contributed by atoms with Crippen LogP contribution in [0.15, 0.2) is 0 Å². The standard InChI is InChI=1S/C33H58N2O3/c36-30(21-24-38-23-14-17-26-15-8-4-2-1-3-5-9-16-26)34-22-13-12-20-29-33(37)31-27-18-10-6-7-11-19-28(25-27)32(31)35-29/h26-29,31-32,35H,1-25H2,(H,34,36). The molecule has 218 valence electrons. The highest BCUT2D eigenvalue weighted by atomic mass is 16.5. The van der Waals surface area contributed by atoms with Gasteiger partial charge in [0.25, 0.3) is 0 Å². The molecule has 0 aromatic rings. The molecule has 1 amide bonds. The average molecular weight is 531 g/mol. The average Bonchev–Trinajstić information content (AvgIpc) is 3.47. The Morgan fingerprint density at radius 1 is 0.763 bits per heavy atom. The summed E-state index contributed by atoms with van der Waals surface area (Å²) in [7, 11) is 0. The number of unbranched alkanes of at least 4 members (excludes halogenated alkanes) is 1. The van der Waals surface area contributed by atoms with Gasteiger partial charge in [-0.1, -0.05) is 83.5 Å². The molecule has 4 aliphatic rings. The normalized spacial score (nSPS) is 31.3. The maximum Gasteiger partial charge on any atom is 0.222 e. The summed E-state index contributed by atoms with van der Waals surface area (Å²) in [6, 6.07) is 0.498. The predicted molar refractivity (Wildman–Crippen MR) is 155 cm³/mol. The van der Waals surface area contributed by atoms with Crippen molar-refractivity contribution in [2.24, 2.45) is 23.7 Å². The van der Waals surface area contributed by atoms with Crippen LogP contribution in [0.2, 0.25) is 0 Å². The van der Waals surface area contributed by atoms with Crippen molar-refractivity contribution >= 4 is 11.7 Å². The Bertz CT molecular complexity index is 688. The molecular formula is C33H58N2O3. The van der Waals surface area contributed by atoms with Crippen LogP contribution in [-0.4, -0.2) is 43.5 Å². The Morgan fingerprint density at radius 3 is 2.16 bits per heavy atom. The molecule has 3 aliphatic carbocycles. The first-order chi connectivity index (χ1) is 18.7. The molecule has 5 atom stereocenters. The van der Waals surface area contributed by atoms with Crippen LogP contribution in [0.4, 0.5) is 0 Å². The molecule has 4 rings (SSSR count). The first kappa shape index (κ1) is 30.0. The van der Waals surface area contributed by atoms with E-state index in [0.29, 0.717) is 43.2 Å². The molecule has 3 saturated carbocycles. The van der Waals surface area contributed by atoms with Crippen LogP contribution >= 0.6 is 0 Å². The fourth-order valence-corrected chi connectivity index (χ4v) is 8.16. The third kappa shape index (κ3) is 9.61. The van der Waals surface area contributed by atoms with Crippen molar-refractivity contribution in [3.8, 4) is 0 Å². The van der Waals surface area contributed by atoms with Crippen LogP contribution in [0.3, 0.4) is 0 Å². The summed E-state index contributed by atoms with van der Waals surface area (Å²) in [6.07, 6.45) is 27.7. The smallest absolute Gasteiger partial charge is 0.222 e. The molecule has 5 unspecified atom stereocenters. The van der Waals surface area contributed by atoms with Crippen molar-refractivity contribution in [3.63, 3.8) is 0 Å². The van der Waals surface area contributed by atoms with Gasteiger partial charge in [0.05, 0.1) is 12.6 Å². The molecule has 5 heteroatoms. The number of nitrogens with one attached hydrogen (secondary N) is 2. The number of ether oxygens (including phenoxy) is 1. The number of Topliss-reactive ketones (excluding diaryl/α,β-unsaturated/α-hetero) is 1. The van der Waals surface area contributed by atoms with Crippen molar-refractivity contribution in [1.29, 1.82) is 0 Å². The predicted octanol–water partition coefficient (Wildman–Crippen LogP) is 7.12. The molecule has 2 N–H and O–H groups in total. The van der Waals surface area contributed by atoms with Gasteiger partial charge in [-0.2, -0.15) is 0 Å². The topological polar surface area (TPSA) is 67.4 Å². The van der Waals surface area contributed by atoms with E-state index in [1.165, 1.54) is 109 Å². The molecule has 0 aromatic carbocycles. The summed E-state index contributed by atoms with van der Waals surface area (Å²) in [6.45, 7) is 2.03. The molecule has 2 bridgehead atoms. The number of carbonyl (C=O) groups is 2. The van der Waals surface area contributed by atoms with Gasteiger partial charge in [0.2, 0.25) is 5.91 Å². The van der Waals surface area contributed by atoms with Gasteiger partial charge in [-0.15, -0.1) is 0 Å². The minimum Gasteiger partial charge on any atom is -0.381 e. The van der Waals surface area contributed by atoms with E-state index in [1.807, 2.05) is 0 Å². The van der Waals surface area contributed by atoms with Crippen molar-refractivity contribution in [1.82, 2.24) is 10.6 Å². The van der Waals surface area contributed by atoms with Gasteiger partial charge in [0.15, 0.2) is 5.78 Å². The van der Waals surface area contributed by atoms with E-state index < -0.39 is 0 Å². The lowest BCUT2D eigenvalue weighted by Crippen LogP contribution is -2.35. The molecule has 1 heterocycles. The number of amides is 1. The molecule has 1 saturated heterocycles. The second kappa shape index (κ2) is 17.0. The highest BCUT2D eigenvalue weighted by molar-refractivity contribution is 5.90. The van der Waals surface area contributed by atoms with Crippen molar-refractivity contribution < 1.29 is 14.3 Å². The number of carbonyl (C=O) groups excluding carboxylic acids is 2. The van der Waals surface area contributed by atoms with Crippen molar-refractivity contribution in [2.45, 2.75) is 153 Å². The fraction of sp³-hybridized carbons (Fsp3) is 0.939. The Balaban J connectivity index is 0.999. The van der Waals surface area contributed by atoms with Gasteiger partial charge in [0, 0.05) is 31.5 Å². The minimum absolute atomic E-state index is 0.0523. The van der Waals surface area contributed by atoms with E-state index in [0.717, 1.165) is 38.2 Å². The zero-order chi connectivity index (χ0) is 26.4. The molecule has 4 fully saturated rings. The van der Waals surface area contributed by atoms with Gasteiger partial charge in [-0.3, -0.25) is 9.59 Å². The second-order valence-electron chi connectivity index (χ2n) is 13.2. The maximum absolute atomic E-state index is 13.2. The fourth-order valence-electron chi connectivity index (χ4n) is 8.16. The van der Waals surface area contributed by atoms with Crippen LogP contribution in [-0.2, 0) is 14.3 Å². The quantitative estimate of drug-likeness (QED) is 0.264. The third-order valence-electron chi connectivity index (χ3n) is 10.3. The molecule has 0 aromatic heterocycles. The van der Waals surface area contributed by atoms with Crippen molar-refractivity contribution in [3.05, 3.63) is 0 Å². The summed E-state index contributed by atoms with van der Waals surface area (Å²) >= 11 is 0. The Kier molecular flexibility index (Phi) is 13.4. The summed E-state index contributed by atoms with van der Waals surface area (Å²) in [5, 5.41) is 6.83. The summed E-state index contributed by atoms with van der Waals surface area (Å²) in [5.74, 6) is 3.11. The van der Waals surface area contributed by atoms with Crippen LogP contribution in [0, 0.1) is 23.7 Å². The second-order valence-corrected chi connectivity index (χ2v) is 13.2. The molecule has 0 radical (unpaired) electrons. The van der Waals surface area contributed by atoms with Gasteiger partial charge in [0.1, 0.15) is 0 Å². The summed E-state index contributed by atoms with van der Waals surface area (Å²) in [5.41, 5.74) is 0. The van der Waals surface area contributed by atoms with E-state index in [9.17, 15) is 9.59 Å². The minimum atomic E-state index is 0.0523. The maximum atomic E-state index is 13.2. The molecule has 0 spiro atoms. The summed E-state index contributed by atoms with van der Waals surface area (Å²) in [4.78, 5) is 25.4.